The molecule has 2 aromatic heterocycles. The molecule has 10 unspecified atom stereocenters. The number of aliphatic hydroxyl groups is 7. The summed E-state index contributed by atoms with van der Waals surface area (Å²) in [5, 5.41) is 101. The van der Waals surface area contributed by atoms with Crippen molar-refractivity contribution in [3.8, 4) is 23.0 Å². The molecule has 4 heterocycles. The molecule has 0 saturated carbocycles. The lowest BCUT2D eigenvalue weighted by molar-refractivity contribution is -0.323. The van der Waals surface area contributed by atoms with Crippen LogP contribution in [0.15, 0.2) is 30.6 Å². The van der Waals surface area contributed by atoms with Gasteiger partial charge >= 0.3 is 11.3 Å². The van der Waals surface area contributed by atoms with Gasteiger partial charge in [0.05, 0.1) is 24.0 Å². The number of phenolic OH excluding ortho intramolecular Hbond substituents is 3. The Hall–Kier alpha value is -3.82. The second-order valence-electron chi connectivity index (χ2n) is 10.4. The van der Waals surface area contributed by atoms with Crippen LogP contribution < -0.4 is 16.0 Å². The summed E-state index contributed by atoms with van der Waals surface area (Å²) in [6.07, 6.45) is -17.3. The molecule has 0 amide bonds. The molecule has 4 aromatic rings. The van der Waals surface area contributed by atoms with Crippen molar-refractivity contribution in [2.24, 2.45) is 0 Å². The Balaban J connectivity index is 1.31. The highest BCUT2D eigenvalue weighted by atomic mass is 16.7. The van der Waals surface area contributed by atoms with E-state index >= 15 is 0 Å². The Labute approximate surface area is 242 Å². The van der Waals surface area contributed by atoms with Crippen molar-refractivity contribution in [1.29, 1.82) is 0 Å². The standard InChI is InChI=1S/C26H26O18/c27-3-9-14(30)17(33)19(35)25(41-9)39-4-10-15(31)18(34)20(36)26(42-10)40-8-2-6-12-11-5(23(37)44-22(12)16(8)32)1-7(28)13(29)21(11)43-24(6)38/h1-2,9-10,14-15,17-20,25-36H,3-4H2. The van der Waals surface area contributed by atoms with Gasteiger partial charge in [-0.25, -0.2) is 9.59 Å². The minimum absolute atomic E-state index is 0.152. The molecule has 2 aliphatic heterocycles. The van der Waals surface area contributed by atoms with Crippen LogP contribution in [0.1, 0.15) is 0 Å². The molecule has 6 rings (SSSR count). The lowest BCUT2D eigenvalue weighted by Gasteiger charge is -2.42. The summed E-state index contributed by atoms with van der Waals surface area (Å²) in [6, 6.07) is 1.83. The van der Waals surface area contributed by atoms with Gasteiger partial charge in [-0.2, -0.15) is 0 Å². The minimum atomic E-state index is -1.97. The maximum atomic E-state index is 12.9. The van der Waals surface area contributed by atoms with Crippen molar-refractivity contribution in [3.63, 3.8) is 0 Å². The zero-order valence-electron chi connectivity index (χ0n) is 22.1. The van der Waals surface area contributed by atoms with E-state index in [2.05, 4.69) is 0 Å². The number of aliphatic hydroxyl groups excluding tert-OH is 7. The zero-order chi connectivity index (χ0) is 31.8. The third-order valence-electron chi connectivity index (χ3n) is 7.72. The Bertz CT molecular complexity index is 1810. The minimum Gasteiger partial charge on any atom is -0.504 e. The van der Waals surface area contributed by atoms with E-state index in [-0.39, 0.29) is 21.5 Å². The van der Waals surface area contributed by atoms with Crippen LogP contribution in [0, 0.1) is 0 Å². The number of aromatic hydroxyl groups is 3. The SMILES string of the molecule is O=c1oc2c(O)c(OC3OC(COC4OC(CO)C(O)C(O)C4O)C(O)C(O)C3O)cc3c(=O)oc4c(O)c(O)cc1c4c23. The average molecular weight is 626 g/mol. The lowest BCUT2D eigenvalue weighted by atomic mass is 9.98. The van der Waals surface area contributed by atoms with Crippen molar-refractivity contribution in [3.05, 3.63) is 33.0 Å². The Morgan fingerprint density at radius 3 is 1.80 bits per heavy atom. The van der Waals surface area contributed by atoms with E-state index in [1.54, 1.807) is 0 Å². The van der Waals surface area contributed by atoms with Crippen LogP contribution in [0.3, 0.4) is 0 Å². The maximum absolute atomic E-state index is 12.9. The van der Waals surface area contributed by atoms with Crippen LogP contribution in [0.25, 0.3) is 32.7 Å². The zero-order valence-corrected chi connectivity index (χ0v) is 22.1. The van der Waals surface area contributed by atoms with Gasteiger partial charge < -0.3 is 78.8 Å². The maximum Gasteiger partial charge on any atom is 0.344 e. The summed E-state index contributed by atoms with van der Waals surface area (Å²) < 4.78 is 32.0. The summed E-state index contributed by atoms with van der Waals surface area (Å²) in [7, 11) is 0. The summed E-state index contributed by atoms with van der Waals surface area (Å²) in [4.78, 5) is 25.5. The van der Waals surface area contributed by atoms with Gasteiger partial charge in [-0.15, -0.1) is 0 Å². The number of phenols is 3. The third kappa shape index (κ3) is 4.59. The van der Waals surface area contributed by atoms with Gasteiger partial charge in [-0.3, -0.25) is 0 Å². The van der Waals surface area contributed by atoms with E-state index in [0.717, 1.165) is 12.1 Å². The van der Waals surface area contributed by atoms with Crippen molar-refractivity contribution in [2.75, 3.05) is 13.2 Å². The molecule has 238 valence electrons. The second kappa shape index (κ2) is 11.0. The number of hydrogen-bond acceptors (Lipinski definition) is 18. The molecule has 44 heavy (non-hydrogen) atoms. The van der Waals surface area contributed by atoms with Crippen LogP contribution in [0.2, 0.25) is 0 Å². The summed E-state index contributed by atoms with van der Waals surface area (Å²) in [6.45, 7) is -1.41. The lowest BCUT2D eigenvalue weighted by Crippen LogP contribution is -2.62. The van der Waals surface area contributed by atoms with E-state index in [9.17, 15) is 60.7 Å². The van der Waals surface area contributed by atoms with Gasteiger partial charge in [0.25, 0.3) is 0 Å². The smallest absolute Gasteiger partial charge is 0.344 e. The molecule has 0 spiro atoms. The van der Waals surface area contributed by atoms with Crippen LogP contribution in [0.5, 0.6) is 23.0 Å². The molecule has 0 aliphatic carbocycles. The Morgan fingerprint density at radius 2 is 1.18 bits per heavy atom. The predicted molar refractivity (Wildman–Crippen MR) is 139 cm³/mol. The summed E-state index contributed by atoms with van der Waals surface area (Å²) in [5.41, 5.74) is -3.35. The predicted octanol–water partition coefficient (Wildman–Crippen LogP) is -3.39. The van der Waals surface area contributed by atoms with Crippen LogP contribution >= 0.6 is 0 Å². The molecular formula is C26H26O18. The fourth-order valence-electron chi connectivity index (χ4n) is 5.33. The molecule has 2 aromatic carbocycles. The number of benzene rings is 2. The first kappa shape index (κ1) is 30.2. The average Bonchev–Trinajstić information content (AvgIpc) is 3.00. The van der Waals surface area contributed by atoms with Crippen LogP contribution in [0.4, 0.5) is 0 Å². The molecule has 18 nitrogen and oxygen atoms in total. The molecule has 10 N–H and O–H groups in total. The van der Waals surface area contributed by atoms with Gasteiger partial charge in [0.2, 0.25) is 17.8 Å². The fraction of sp³-hybridized carbons (Fsp3) is 0.462. The largest absolute Gasteiger partial charge is 0.504 e. The number of ether oxygens (including phenoxy) is 4. The van der Waals surface area contributed by atoms with E-state index in [4.69, 9.17) is 27.8 Å². The molecule has 18 heteroatoms. The monoisotopic (exact) mass is 626 g/mol. The molecule has 0 radical (unpaired) electrons. The normalized spacial score (nSPS) is 33.0. The van der Waals surface area contributed by atoms with Crippen LogP contribution in [-0.4, -0.2) is 126 Å². The molecule has 2 aliphatic rings. The Kier molecular flexibility index (Phi) is 7.53. The Morgan fingerprint density at radius 1 is 0.659 bits per heavy atom. The van der Waals surface area contributed by atoms with E-state index in [1.807, 2.05) is 0 Å². The van der Waals surface area contributed by atoms with Crippen molar-refractivity contribution in [1.82, 2.24) is 0 Å². The molecule has 10 atom stereocenters. The first-order valence-corrected chi connectivity index (χ1v) is 13.1. The van der Waals surface area contributed by atoms with Crippen molar-refractivity contribution >= 4 is 32.7 Å². The molecule has 2 saturated heterocycles. The van der Waals surface area contributed by atoms with Crippen molar-refractivity contribution in [2.45, 2.75) is 61.4 Å². The topological polar surface area (TPSA) is 300 Å². The molecular weight excluding hydrogens is 600 g/mol. The second-order valence-corrected chi connectivity index (χ2v) is 10.4. The summed E-state index contributed by atoms with van der Waals surface area (Å²) >= 11 is 0. The first-order valence-electron chi connectivity index (χ1n) is 13.1. The van der Waals surface area contributed by atoms with Gasteiger partial charge in [0.1, 0.15) is 48.8 Å². The number of hydrogen-bond donors (Lipinski definition) is 10. The fourth-order valence-corrected chi connectivity index (χ4v) is 5.33. The van der Waals surface area contributed by atoms with Gasteiger partial charge in [-0.1, -0.05) is 0 Å². The first-order chi connectivity index (χ1) is 20.8. The van der Waals surface area contributed by atoms with Crippen molar-refractivity contribution < 1.29 is 78.8 Å². The highest BCUT2D eigenvalue weighted by molar-refractivity contribution is 6.22. The highest BCUT2D eigenvalue weighted by Gasteiger charge is 2.48. The summed E-state index contributed by atoms with van der Waals surface area (Å²) in [5.74, 6) is -3.10. The molecule has 0 bridgehead atoms. The van der Waals surface area contributed by atoms with Crippen LogP contribution in [-0.2, 0) is 14.2 Å². The number of rotatable bonds is 6. The van der Waals surface area contributed by atoms with Gasteiger partial charge in [0, 0.05) is 10.8 Å². The molecule has 2 fully saturated rings. The third-order valence-corrected chi connectivity index (χ3v) is 7.72. The van der Waals surface area contributed by atoms with Gasteiger partial charge in [-0.05, 0) is 12.1 Å². The van der Waals surface area contributed by atoms with E-state index < -0.39 is 120 Å². The van der Waals surface area contributed by atoms with E-state index in [0.29, 0.717) is 0 Å². The quantitative estimate of drug-likeness (QED) is 0.0567. The highest BCUT2D eigenvalue weighted by Crippen LogP contribution is 2.45. The van der Waals surface area contributed by atoms with Gasteiger partial charge in [0.15, 0.2) is 29.0 Å². The van der Waals surface area contributed by atoms with E-state index in [1.165, 1.54) is 0 Å².